The Balaban J connectivity index is 4.17. The molecule has 36 heavy (non-hydrogen) atoms. The van der Waals surface area contributed by atoms with Crippen molar-refractivity contribution in [3.63, 3.8) is 0 Å². The van der Waals surface area contributed by atoms with E-state index in [0.717, 1.165) is 32.1 Å². The number of aliphatic hydroxyl groups excluding tert-OH is 1. The van der Waals surface area contributed by atoms with Gasteiger partial charge >= 0.3 is 11.9 Å². The van der Waals surface area contributed by atoms with Gasteiger partial charge in [-0.15, -0.1) is 11.8 Å². The minimum Gasteiger partial charge on any atom is -0.465 e. The van der Waals surface area contributed by atoms with Gasteiger partial charge in [-0.25, -0.2) is 0 Å². The Hall–Kier alpha value is -0.750. The molecule has 0 aliphatic rings. The fourth-order valence-electron chi connectivity index (χ4n) is 4.21. The third-order valence-corrected chi connectivity index (χ3v) is 7.95. The van der Waals surface area contributed by atoms with E-state index in [0.29, 0.717) is 24.7 Å². The normalized spacial score (nSPS) is 13.8. The van der Waals surface area contributed by atoms with Gasteiger partial charge in [0.25, 0.3) is 0 Å². The van der Waals surface area contributed by atoms with Crippen LogP contribution in [-0.2, 0) is 19.1 Å². The lowest BCUT2D eigenvalue weighted by molar-refractivity contribution is -0.146. The van der Waals surface area contributed by atoms with Gasteiger partial charge in [-0.1, -0.05) is 111 Å². The van der Waals surface area contributed by atoms with Gasteiger partial charge in [0.15, 0.2) is 0 Å². The van der Waals surface area contributed by atoms with Crippen molar-refractivity contribution in [2.24, 2.45) is 5.92 Å². The van der Waals surface area contributed by atoms with Crippen LogP contribution >= 0.6 is 11.8 Å². The van der Waals surface area contributed by atoms with Gasteiger partial charge in [0.1, 0.15) is 6.61 Å². The second-order valence-corrected chi connectivity index (χ2v) is 11.8. The number of hydrogen-bond acceptors (Lipinski definition) is 6. The standard InChI is InChI=1S/C30H58O5S/c1-5-8-11-14-16-18-21-27(20-17-13-10-7-3)23-35-30(33)26(4)36-25-28(31)24-34-29(32)22-19-15-12-9-6-2/h26-28,31H,5-25H2,1-4H3. The van der Waals surface area contributed by atoms with Crippen molar-refractivity contribution in [1.82, 2.24) is 0 Å². The van der Waals surface area contributed by atoms with Crippen LogP contribution in [0.5, 0.6) is 0 Å². The fourth-order valence-corrected chi connectivity index (χ4v) is 5.02. The van der Waals surface area contributed by atoms with Gasteiger partial charge in [-0.05, 0) is 32.1 Å². The first-order valence-electron chi connectivity index (χ1n) is 15.1. The highest BCUT2D eigenvalue weighted by atomic mass is 32.2. The van der Waals surface area contributed by atoms with Gasteiger partial charge in [0.2, 0.25) is 0 Å². The summed E-state index contributed by atoms with van der Waals surface area (Å²) in [6.45, 7) is 8.95. The van der Waals surface area contributed by atoms with E-state index < -0.39 is 6.10 Å². The molecule has 0 radical (unpaired) electrons. The number of hydrogen-bond donors (Lipinski definition) is 1. The molecule has 5 nitrogen and oxygen atoms in total. The first kappa shape index (κ1) is 35.2. The molecule has 0 aromatic rings. The lowest BCUT2D eigenvalue weighted by Gasteiger charge is -2.19. The molecule has 0 saturated heterocycles. The molecule has 0 heterocycles. The predicted octanol–water partition coefficient (Wildman–Crippen LogP) is 8.25. The van der Waals surface area contributed by atoms with Crippen molar-refractivity contribution in [2.45, 2.75) is 155 Å². The maximum absolute atomic E-state index is 12.5. The quantitative estimate of drug-likeness (QED) is 0.0896. The summed E-state index contributed by atoms with van der Waals surface area (Å²) in [6.07, 6.45) is 20.0. The number of unbranched alkanes of at least 4 members (excludes halogenated alkanes) is 12. The number of carbonyl (C=O) groups is 2. The molecule has 0 amide bonds. The Kier molecular flexibility index (Phi) is 25.3. The van der Waals surface area contributed by atoms with E-state index in [9.17, 15) is 14.7 Å². The van der Waals surface area contributed by atoms with Crippen LogP contribution in [0, 0.1) is 5.92 Å². The molecule has 0 saturated carbocycles. The van der Waals surface area contributed by atoms with E-state index in [1.165, 1.54) is 88.8 Å². The van der Waals surface area contributed by atoms with Crippen LogP contribution < -0.4 is 0 Å². The number of thioether (sulfide) groups is 1. The zero-order valence-corrected chi connectivity index (χ0v) is 24.9. The maximum atomic E-state index is 12.5. The van der Waals surface area contributed by atoms with Crippen molar-refractivity contribution in [2.75, 3.05) is 19.0 Å². The minimum atomic E-state index is -0.770. The molecule has 0 aromatic carbocycles. The number of carbonyl (C=O) groups excluding carboxylic acids is 2. The largest absolute Gasteiger partial charge is 0.465 e. The molecule has 0 aliphatic heterocycles. The average Bonchev–Trinajstić information content (AvgIpc) is 2.88. The van der Waals surface area contributed by atoms with Crippen LogP contribution in [0.3, 0.4) is 0 Å². The van der Waals surface area contributed by atoms with Crippen LogP contribution in [0.25, 0.3) is 0 Å². The Bertz CT molecular complexity index is 514. The summed E-state index contributed by atoms with van der Waals surface area (Å²) in [5.41, 5.74) is 0. The molecule has 0 fully saturated rings. The zero-order valence-electron chi connectivity index (χ0n) is 24.1. The molecule has 0 aromatic heterocycles. The molecule has 0 rings (SSSR count). The summed E-state index contributed by atoms with van der Waals surface area (Å²) < 4.78 is 10.9. The number of esters is 2. The summed E-state index contributed by atoms with van der Waals surface area (Å²) in [6, 6.07) is 0. The van der Waals surface area contributed by atoms with Gasteiger partial charge in [-0.2, -0.15) is 0 Å². The molecule has 3 unspecified atom stereocenters. The monoisotopic (exact) mass is 530 g/mol. The third-order valence-electron chi connectivity index (χ3n) is 6.68. The van der Waals surface area contributed by atoms with E-state index in [-0.39, 0.29) is 23.8 Å². The molecule has 0 spiro atoms. The predicted molar refractivity (Wildman–Crippen MR) is 153 cm³/mol. The highest BCUT2D eigenvalue weighted by Gasteiger charge is 2.20. The summed E-state index contributed by atoms with van der Waals surface area (Å²) >= 11 is 1.36. The number of ether oxygens (including phenoxy) is 2. The Morgan fingerprint density at radius 1 is 0.694 bits per heavy atom. The van der Waals surface area contributed by atoms with E-state index in [4.69, 9.17) is 9.47 Å². The van der Waals surface area contributed by atoms with Crippen molar-refractivity contribution >= 4 is 23.7 Å². The number of aliphatic hydroxyl groups is 1. The van der Waals surface area contributed by atoms with Gasteiger partial charge in [-0.3, -0.25) is 9.59 Å². The lowest BCUT2D eigenvalue weighted by atomic mass is 9.95. The summed E-state index contributed by atoms with van der Waals surface area (Å²) in [4.78, 5) is 24.3. The topological polar surface area (TPSA) is 72.8 Å². The Morgan fingerprint density at radius 2 is 1.19 bits per heavy atom. The zero-order chi connectivity index (χ0) is 26.9. The summed E-state index contributed by atoms with van der Waals surface area (Å²) in [5.74, 6) is 0.329. The molecule has 0 aliphatic carbocycles. The van der Waals surface area contributed by atoms with E-state index >= 15 is 0 Å². The van der Waals surface area contributed by atoms with E-state index in [1.54, 1.807) is 0 Å². The van der Waals surface area contributed by atoms with E-state index in [1.807, 2.05) is 6.92 Å². The van der Waals surface area contributed by atoms with Crippen molar-refractivity contribution in [1.29, 1.82) is 0 Å². The van der Waals surface area contributed by atoms with Crippen molar-refractivity contribution in [3.05, 3.63) is 0 Å². The third kappa shape index (κ3) is 22.4. The van der Waals surface area contributed by atoms with Gasteiger partial charge < -0.3 is 14.6 Å². The van der Waals surface area contributed by atoms with Crippen molar-refractivity contribution < 1.29 is 24.2 Å². The first-order chi connectivity index (χ1) is 17.4. The van der Waals surface area contributed by atoms with Crippen LogP contribution in [0.1, 0.15) is 143 Å². The molecule has 3 atom stereocenters. The fraction of sp³-hybridized carbons (Fsp3) is 0.933. The Labute approximate surface area is 227 Å². The average molecular weight is 531 g/mol. The lowest BCUT2D eigenvalue weighted by Crippen LogP contribution is -2.25. The molecule has 1 N–H and O–H groups in total. The molecule has 0 bridgehead atoms. The maximum Gasteiger partial charge on any atom is 0.318 e. The van der Waals surface area contributed by atoms with Gasteiger partial charge in [0, 0.05) is 12.2 Å². The van der Waals surface area contributed by atoms with Crippen LogP contribution in [0.2, 0.25) is 0 Å². The Morgan fingerprint density at radius 3 is 1.78 bits per heavy atom. The highest BCUT2D eigenvalue weighted by molar-refractivity contribution is 8.00. The van der Waals surface area contributed by atoms with Crippen molar-refractivity contribution in [3.8, 4) is 0 Å². The molecule has 214 valence electrons. The highest BCUT2D eigenvalue weighted by Crippen LogP contribution is 2.21. The SMILES string of the molecule is CCCCCCCCC(CCCCCC)COC(=O)C(C)SCC(O)COC(=O)CCCCCCC. The second kappa shape index (κ2) is 25.9. The number of rotatable bonds is 26. The van der Waals surface area contributed by atoms with E-state index in [2.05, 4.69) is 20.8 Å². The van der Waals surface area contributed by atoms with Crippen LogP contribution in [0.15, 0.2) is 0 Å². The summed E-state index contributed by atoms with van der Waals surface area (Å²) in [5, 5.41) is 9.81. The smallest absolute Gasteiger partial charge is 0.318 e. The molecular weight excluding hydrogens is 472 g/mol. The molecule has 6 heteroatoms. The minimum absolute atomic E-state index is 0.0132. The second-order valence-electron chi connectivity index (χ2n) is 10.4. The molecular formula is C30H58O5S. The van der Waals surface area contributed by atoms with Crippen LogP contribution in [0.4, 0.5) is 0 Å². The van der Waals surface area contributed by atoms with Crippen LogP contribution in [-0.4, -0.2) is 47.4 Å². The summed E-state index contributed by atoms with van der Waals surface area (Å²) in [7, 11) is 0. The first-order valence-corrected chi connectivity index (χ1v) is 16.1. The van der Waals surface area contributed by atoms with Gasteiger partial charge in [0.05, 0.1) is 18.0 Å².